The summed E-state index contributed by atoms with van der Waals surface area (Å²) in [6.07, 6.45) is 5.07. The highest BCUT2D eigenvalue weighted by atomic mass is 19.1. The second kappa shape index (κ2) is 6.23. The van der Waals surface area contributed by atoms with E-state index in [2.05, 4.69) is 10.3 Å². The number of amides is 3. The highest BCUT2D eigenvalue weighted by Crippen LogP contribution is 2.33. The van der Waals surface area contributed by atoms with Crippen LogP contribution in [0.4, 0.5) is 9.18 Å². The molecule has 3 rings (SSSR count). The molecule has 7 heteroatoms. The van der Waals surface area contributed by atoms with Gasteiger partial charge in [0.2, 0.25) is 0 Å². The molecule has 1 unspecified atom stereocenters. The van der Waals surface area contributed by atoms with Crippen LogP contribution in [0.2, 0.25) is 0 Å². The summed E-state index contributed by atoms with van der Waals surface area (Å²) in [6, 6.07) is 2.06. The van der Waals surface area contributed by atoms with Gasteiger partial charge in [0, 0.05) is 0 Å². The molecule has 1 atom stereocenters. The molecule has 2 aliphatic rings. The van der Waals surface area contributed by atoms with Crippen LogP contribution in [0.15, 0.2) is 18.3 Å². The second-order valence-electron chi connectivity index (χ2n) is 6.26. The molecule has 1 aromatic heterocycles. The maximum atomic E-state index is 12.9. The number of pyridine rings is 1. The Morgan fingerprint density at radius 2 is 1.96 bits per heavy atom. The number of β-amino-alcohol motifs (C(OH)–C–C–N with tert-alkyl or cyclic N) is 1. The number of aliphatic hydroxyl groups excluding tert-OH is 1. The van der Waals surface area contributed by atoms with Gasteiger partial charge in [-0.05, 0) is 25.0 Å². The van der Waals surface area contributed by atoms with Crippen LogP contribution >= 0.6 is 0 Å². The topological polar surface area (TPSA) is 82.5 Å². The van der Waals surface area contributed by atoms with Gasteiger partial charge in [-0.15, -0.1) is 0 Å². The van der Waals surface area contributed by atoms with E-state index < -0.39 is 23.5 Å². The average molecular weight is 321 g/mol. The van der Waals surface area contributed by atoms with Crippen LogP contribution < -0.4 is 5.32 Å². The number of rotatable bonds is 3. The van der Waals surface area contributed by atoms with E-state index in [0.717, 1.165) is 36.8 Å². The van der Waals surface area contributed by atoms with Crippen molar-refractivity contribution in [1.29, 1.82) is 0 Å². The Balaban J connectivity index is 1.73. The molecule has 1 saturated heterocycles. The fourth-order valence-corrected chi connectivity index (χ4v) is 3.36. The van der Waals surface area contributed by atoms with Crippen LogP contribution in [-0.2, 0) is 4.79 Å². The first kappa shape index (κ1) is 15.9. The standard InChI is InChI=1S/C16H20FN3O3/c17-11-5-6-12(18-9-11)13(21)10-20-14(22)16(19-15(20)23)7-3-1-2-4-8-16/h5-6,9,13,21H,1-4,7-8,10H2,(H,19,23). The molecule has 0 aromatic carbocycles. The summed E-state index contributed by atoms with van der Waals surface area (Å²) < 4.78 is 12.9. The van der Waals surface area contributed by atoms with Crippen LogP contribution in [-0.4, -0.2) is 39.0 Å². The lowest BCUT2D eigenvalue weighted by Gasteiger charge is -2.25. The molecular weight excluding hydrogens is 301 g/mol. The lowest BCUT2D eigenvalue weighted by molar-refractivity contribution is -0.132. The van der Waals surface area contributed by atoms with Crippen LogP contribution in [0, 0.1) is 5.82 Å². The quantitative estimate of drug-likeness (QED) is 0.833. The van der Waals surface area contributed by atoms with Crippen molar-refractivity contribution in [3.63, 3.8) is 0 Å². The molecule has 6 nitrogen and oxygen atoms in total. The van der Waals surface area contributed by atoms with Crippen LogP contribution in [0.1, 0.15) is 50.3 Å². The van der Waals surface area contributed by atoms with Crippen molar-refractivity contribution in [3.8, 4) is 0 Å². The summed E-state index contributed by atoms with van der Waals surface area (Å²) in [7, 11) is 0. The Morgan fingerprint density at radius 3 is 2.57 bits per heavy atom. The van der Waals surface area contributed by atoms with Crippen molar-refractivity contribution in [3.05, 3.63) is 29.8 Å². The van der Waals surface area contributed by atoms with Gasteiger partial charge in [0.1, 0.15) is 17.5 Å². The normalized spacial score (nSPS) is 22.1. The molecule has 1 aliphatic carbocycles. The maximum Gasteiger partial charge on any atom is 0.325 e. The smallest absolute Gasteiger partial charge is 0.325 e. The van der Waals surface area contributed by atoms with E-state index in [0.29, 0.717) is 12.8 Å². The largest absolute Gasteiger partial charge is 0.385 e. The molecule has 1 saturated carbocycles. The third-order valence-electron chi connectivity index (χ3n) is 4.65. The van der Waals surface area contributed by atoms with Crippen LogP contribution in [0.25, 0.3) is 0 Å². The molecule has 124 valence electrons. The summed E-state index contributed by atoms with van der Waals surface area (Å²) in [5, 5.41) is 13.0. The summed E-state index contributed by atoms with van der Waals surface area (Å²) in [6.45, 7) is -0.176. The summed E-state index contributed by atoms with van der Waals surface area (Å²) in [4.78, 5) is 29.8. The molecule has 3 amide bonds. The Morgan fingerprint density at radius 1 is 1.26 bits per heavy atom. The fraction of sp³-hybridized carbons (Fsp3) is 0.562. The number of carbonyl (C=O) groups is 2. The van der Waals surface area contributed by atoms with Gasteiger partial charge >= 0.3 is 6.03 Å². The number of imide groups is 1. The molecule has 23 heavy (non-hydrogen) atoms. The SMILES string of the molecule is O=C1NC2(CCCCCC2)C(=O)N1CC(O)c1ccc(F)cn1. The van der Waals surface area contributed by atoms with Crippen LogP contribution in [0.3, 0.4) is 0 Å². The summed E-state index contributed by atoms with van der Waals surface area (Å²) >= 11 is 0. The molecule has 2 fully saturated rings. The first-order valence-corrected chi connectivity index (χ1v) is 7.95. The number of hydrogen-bond acceptors (Lipinski definition) is 4. The van der Waals surface area contributed by atoms with Gasteiger partial charge in [-0.3, -0.25) is 14.7 Å². The maximum absolute atomic E-state index is 12.9. The zero-order valence-electron chi connectivity index (χ0n) is 12.8. The van der Waals surface area contributed by atoms with Gasteiger partial charge in [0.25, 0.3) is 5.91 Å². The number of hydrogen-bond donors (Lipinski definition) is 2. The van der Waals surface area contributed by atoms with Crippen molar-refractivity contribution in [1.82, 2.24) is 15.2 Å². The molecule has 0 radical (unpaired) electrons. The van der Waals surface area contributed by atoms with Gasteiger partial charge in [-0.1, -0.05) is 25.7 Å². The number of aliphatic hydroxyl groups is 1. The van der Waals surface area contributed by atoms with Crippen molar-refractivity contribution in [2.24, 2.45) is 0 Å². The minimum absolute atomic E-state index is 0.176. The van der Waals surface area contributed by atoms with Gasteiger partial charge < -0.3 is 10.4 Å². The Bertz CT molecular complexity index is 597. The molecular formula is C16H20FN3O3. The van der Waals surface area contributed by atoms with Crippen molar-refractivity contribution in [2.45, 2.75) is 50.2 Å². The van der Waals surface area contributed by atoms with Crippen molar-refractivity contribution in [2.75, 3.05) is 6.54 Å². The van der Waals surface area contributed by atoms with Gasteiger partial charge in [-0.25, -0.2) is 9.18 Å². The minimum Gasteiger partial charge on any atom is -0.385 e. The second-order valence-corrected chi connectivity index (χ2v) is 6.26. The predicted octanol–water partition coefficient (Wildman–Crippen LogP) is 1.90. The molecule has 0 bridgehead atoms. The van der Waals surface area contributed by atoms with E-state index in [9.17, 15) is 19.1 Å². The third kappa shape index (κ3) is 3.06. The molecule has 1 aliphatic heterocycles. The number of halogens is 1. The number of carbonyl (C=O) groups excluding carboxylic acids is 2. The molecule has 2 heterocycles. The van der Waals surface area contributed by atoms with E-state index >= 15 is 0 Å². The lowest BCUT2D eigenvalue weighted by atomic mass is 9.90. The van der Waals surface area contributed by atoms with Gasteiger partial charge in [-0.2, -0.15) is 0 Å². The van der Waals surface area contributed by atoms with Gasteiger partial charge in [0.05, 0.1) is 18.4 Å². The van der Waals surface area contributed by atoms with E-state index in [1.54, 1.807) is 0 Å². The zero-order chi connectivity index (χ0) is 16.4. The fourth-order valence-electron chi connectivity index (χ4n) is 3.36. The number of urea groups is 1. The Labute approximate surface area is 133 Å². The first-order valence-electron chi connectivity index (χ1n) is 7.95. The summed E-state index contributed by atoms with van der Waals surface area (Å²) in [5.74, 6) is -0.779. The predicted molar refractivity (Wildman–Crippen MR) is 79.8 cm³/mol. The highest BCUT2D eigenvalue weighted by Gasteiger charge is 2.51. The van der Waals surface area contributed by atoms with E-state index in [1.165, 1.54) is 12.1 Å². The monoisotopic (exact) mass is 321 g/mol. The van der Waals surface area contributed by atoms with E-state index in [4.69, 9.17) is 0 Å². The van der Waals surface area contributed by atoms with Crippen molar-refractivity contribution >= 4 is 11.9 Å². The molecule has 1 aromatic rings. The average Bonchev–Trinajstić information content (AvgIpc) is 2.72. The van der Waals surface area contributed by atoms with Gasteiger partial charge in [0.15, 0.2) is 0 Å². The third-order valence-corrected chi connectivity index (χ3v) is 4.65. The first-order chi connectivity index (χ1) is 11.0. The Hall–Kier alpha value is -2.02. The minimum atomic E-state index is -1.13. The van der Waals surface area contributed by atoms with Crippen LogP contribution in [0.5, 0.6) is 0 Å². The number of nitrogens with zero attached hydrogens (tertiary/aromatic N) is 2. The number of nitrogens with one attached hydrogen (secondary N) is 1. The zero-order valence-corrected chi connectivity index (χ0v) is 12.8. The molecule has 1 spiro atoms. The summed E-state index contributed by atoms with van der Waals surface area (Å²) in [5.41, 5.74) is -0.586. The van der Waals surface area contributed by atoms with E-state index in [-0.39, 0.29) is 18.1 Å². The highest BCUT2D eigenvalue weighted by molar-refractivity contribution is 6.07. The lowest BCUT2D eigenvalue weighted by Crippen LogP contribution is -2.46. The number of aromatic nitrogens is 1. The van der Waals surface area contributed by atoms with Crippen molar-refractivity contribution < 1.29 is 19.1 Å². The van der Waals surface area contributed by atoms with E-state index in [1.807, 2.05) is 0 Å². The molecule has 2 N–H and O–H groups in total. The Kier molecular flexibility index (Phi) is 4.30.